The molecule has 0 spiro atoms. The summed E-state index contributed by atoms with van der Waals surface area (Å²) < 4.78 is 2.01. The van der Waals surface area contributed by atoms with Crippen molar-refractivity contribution in [2.45, 2.75) is 0 Å². The van der Waals surface area contributed by atoms with E-state index in [9.17, 15) is 0 Å². The van der Waals surface area contributed by atoms with E-state index in [0.29, 0.717) is 0 Å². The van der Waals surface area contributed by atoms with Crippen LogP contribution >= 0.6 is 23.1 Å². The molecule has 0 amide bonds. The summed E-state index contributed by atoms with van der Waals surface area (Å²) in [7, 11) is 0. The third kappa shape index (κ3) is 2.66. The van der Waals surface area contributed by atoms with E-state index in [0.717, 1.165) is 24.5 Å². The Morgan fingerprint density at radius 3 is 2.41 bits per heavy atom. The SMILES string of the molecule is c1cc(-c2ccsc2)n(-c2ccc(N3CCSCC3)cc2)n1. The predicted molar refractivity (Wildman–Crippen MR) is 96.4 cm³/mol. The van der Waals surface area contributed by atoms with Crippen LogP contribution in [0.3, 0.4) is 0 Å². The number of hydrogen-bond donors (Lipinski definition) is 0. The van der Waals surface area contributed by atoms with E-state index in [4.69, 9.17) is 0 Å². The largest absolute Gasteiger partial charge is 0.370 e. The van der Waals surface area contributed by atoms with E-state index in [1.807, 2.05) is 22.6 Å². The number of hydrogen-bond acceptors (Lipinski definition) is 4. The Morgan fingerprint density at radius 2 is 1.68 bits per heavy atom. The number of aromatic nitrogens is 2. The molecule has 0 aliphatic carbocycles. The second kappa shape index (κ2) is 6.18. The van der Waals surface area contributed by atoms with Crippen LogP contribution < -0.4 is 4.90 Å². The molecule has 1 fully saturated rings. The second-order valence-electron chi connectivity index (χ2n) is 5.26. The molecule has 1 saturated heterocycles. The molecule has 3 aromatic rings. The maximum absolute atomic E-state index is 4.49. The normalized spacial score (nSPS) is 15.2. The first-order valence-electron chi connectivity index (χ1n) is 7.41. The number of anilines is 1. The third-order valence-electron chi connectivity index (χ3n) is 3.93. The van der Waals surface area contributed by atoms with Crippen molar-refractivity contribution < 1.29 is 0 Å². The second-order valence-corrected chi connectivity index (χ2v) is 7.26. The molecule has 0 unspecified atom stereocenters. The van der Waals surface area contributed by atoms with Gasteiger partial charge in [0.1, 0.15) is 0 Å². The van der Waals surface area contributed by atoms with Crippen LogP contribution in [0.4, 0.5) is 5.69 Å². The molecule has 3 heterocycles. The third-order valence-corrected chi connectivity index (χ3v) is 5.56. The summed E-state index contributed by atoms with van der Waals surface area (Å²) in [4.78, 5) is 2.46. The smallest absolute Gasteiger partial charge is 0.0749 e. The highest BCUT2D eigenvalue weighted by Gasteiger charge is 2.12. The molecule has 4 rings (SSSR count). The minimum atomic E-state index is 1.11. The average molecular weight is 327 g/mol. The Bertz CT molecular complexity index is 726. The maximum atomic E-state index is 4.49. The minimum Gasteiger partial charge on any atom is -0.370 e. The van der Waals surface area contributed by atoms with Gasteiger partial charge in [0, 0.05) is 41.2 Å². The van der Waals surface area contributed by atoms with Gasteiger partial charge in [-0.2, -0.15) is 28.2 Å². The fourth-order valence-electron chi connectivity index (χ4n) is 2.76. The summed E-state index contributed by atoms with van der Waals surface area (Å²) in [5, 5.41) is 8.75. The fraction of sp³-hybridized carbons (Fsp3) is 0.235. The molecule has 0 atom stereocenters. The topological polar surface area (TPSA) is 21.1 Å². The standard InChI is InChI=1S/C17H17N3S2/c1-3-16(4-2-15(1)19-8-11-21-12-9-19)20-17(5-7-18-20)14-6-10-22-13-14/h1-7,10,13H,8-9,11-12H2. The number of benzene rings is 1. The van der Waals surface area contributed by atoms with Crippen LogP contribution in [0.15, 0.2) is 53.4 Å². The van der Waals surface area contributed by atoms with Crippen LogP contribution in [0, 0.1) is 0 Å². The molecule has 2 aromatic heterocycles. The zero-order valence-corrected chi connectivity index (χ0v) is 13.8. The molecule has 0 saturated carbocycles. The van der Waals surface area contributed by atoms with Crippen molar-refractivity contribution in [2.24, 2.45) is 0 Å². The molecule has 3 nitrogen and oxygen atoms in total. The van der Waals surface area contributed by atoms with Gasteiger partial charge in [-0.1, -0.05) is 0 Å². The Kier molecular flexibility index (Phi) is 3.91. The van der Waals surface area contributed by atoms with E-state index in [1.165, 1.54) is 22.8 Å². The zero-order valence-electron chi connectivity index (χ0n) is 12.2. The van der Waals surface area contributed by atoms with Gasteiger partial charge >= 0.3 is 0 Å². The maximum Gasteiger partial charge on any atom is 0.0749 e. The first-order valence-corrected chi connectivity index (χ1v) is 9.51. The zero-order chi connectivity index (χ0) is 14.8. The van der Waals surface area contributed by atoms with Crippen molar-refractivity contribution in [3.05, 3.63) is 53.4 Å². The van der Waals surface area contributed by atoms with E-state index in [2.05, 4.69) is 57.2 Å². The van der Waals surface area contributed by atoms with Crippen LogP contribution in [0.1, 0.15) is 0 Å². The number of thioether (sulfide) groups is 1. The quantitative estimate of drug-likeness (QED) is 0.721. The highest BCUT2D eigenvalue weighted by molar-refractivity contribution is 7.99. The van der Waals surface area contributed by atoms with Gasteiger partial charge in [0.2, 0.25) is 0 Å². The van der Waals surface area contributed by atoms with Crippen molar-refractivity contribution in [1.82, 2.24) is 9.78 Å². The van der Waals surface area contributed by atoms with Crippen LogP contribution in [0.25, 0.3) is 16.9 Å². The Morgan fingerprint density at radius 1 is 0.909 bits per heavy atom. The van der Waals surface area contributed by atoms with Crippen LogP contribution in [-0.2, 0) is 0 Å². The monoisotopic (exact) mass is 327 g/mol. The number of thiophene rings is 1. The molecule has 5 heteroatoms. The van der Waals surface area contributed by atoms with Crippen molar-refractivity contribution in [1.29, 1.82) is 0 Å². The summed E-state index contributed by atoms with van der Waals surface area (Å²) in [6.45, 7) is 2.29. The Balaban J connectivity index is 1.63. The lowest BCUT2D eigenvalue weighted by molar-refractivity contribution is 0.854. The molecule has 1 aromatic carbocycles. The van der Waals surface area contributed by atoms with Gasteiger partial charge in [-0.25, -0.2) is 4.68 Å². The van der Waals surface area contributed by atoms with Crippen LogP contribution in [0.2, 0.25) is 0 Å². The Hall–Kier alpha value is -1.72. The molecule has 22 heavy (non-hydrogen) atoms. The summed E-state index contributed by atoms with van der Waals surface area (Å²) >= 11 is 3.75. The lowest BCUT2D eigenvalue weighted by atomic mass is 10.2. The summed E-state index contributed by atoms with van der Waals surface area (Å²) in [5.74, 6) is 2.45. The first-order chi connectivity index (χ1) is 10.9. The highest BCUT2D eigenvalue weighted by Crippen LogP contribution is 2.26. The summed E-state index contributed by atoms with van der Waals surface area (Å²) in [5.41, 5.74) is 4.79. The van der Waals surface area contributed by atoms with E-state index in [-0.39, 0.29) is 0 Å². The molecule has 1 aliphatic rings. The molecule has 1 aliphatic heterocycles. The van der Waals surface area contributed by atoms with Crippen molar-refractivity contribution in [3.8, 4) is 16.9 Å². The van der Waals surface area contributed by atoms with Crippen LogP contribution in [-0.4, -0.2) is 34.4 Å². The fourth-order valence-corrected chi connectivity index (χ4v) is 4.32. The van der Waals surface area contributed by atoms with Gasteiger partial charge in [0.15, 0.2) is 0 Å². The van der Waals surface area contributed by atoms with E-state index >= 15 is 0 Å². The molecular weight excluding hydrogens is 310 g/mol. The number of rotatable bonds is 3. The molecule has 0 bridgehead atoms. The van der Waals surface area contributed by atoms with Gasteiger partial charge in [-0.3, -0.25) is 0 Å². The number of nitrogens with zero attached hydrogens (tertiary/aromatic N) is 3. The highest BCUT2D eigenvalue weighted by atomic mass is 32.2. The summed E-state index contributed by atoms with van der Waals surface area (Å²) in [6.07, 6.45) is 1.86. The van der Waals surface area contributed by atoms with Crippen molar-refractivity contribution in [2.75, 3.05) is 29.5 Å². The van der Waals surface area contributed by atoms with Crippen molar-refractivity contribution in [3.63, 3.8) is 0 Å². The molecule has 112 valence electrons. The molecule has 0 radical (unpaired) electrons. The molecule has 0 N–H and O–H groups in total. The van der Waals surface area contributed by atoms with Gasteiger partial charge in [-0.15, -0.1) is 0 Å². The Labute approximate surface area is 138 Å². The van der Waals surface area contributed by atoms with Gasteiger partial charge < -0.3 is 4.90 Å². The minimum absolute atomic E-state index is 1.11. The summed E-state index contributed by atoms with van der Waals surface area (Å²) in [6, 6.07) is 13.0. The van der Waals surface area contributed by atoms with Gasteiger partial charge in [0.25, 0.3) is 0 Å². The van der Waals surface area contributed by atoms with E-state index < -0.39 is 0 Å². The lowest BCUT2D eigenvalue weighted by Crippen LogP contribution is -2.32. The van der Waals surface area contributed by atoms with Crippen molar-refractivity contribution >= 4 is 28.8 Å². The van der Waals surface area contributed by atoms with Gasteiger partial charge in [-0.05, 0) is 41.8 Å². The van der Waals surface area contributed by atoms with Gasteiger partial charge in [0.05, 0.1) is 17.6 Å². The first kappa shape index (κ1) is 13.9. The predicted octanol–water partition coefficient (Wildman–Crippen LogP) is 4.15. The lowest BCUT2D eigenvalue weighted by Gasteiger charge is -2.28. The molecular formula is C17H17N3S2. The van der Waals surface area contributed by atoms with E-state index in [1.54, 1.807) is 11.3 Å². The average Bonchev–Trinajstić information content (AvgIpc) is 3.27. The van der Waals surface area contributed by atoms with Crippen LogP contribution in [0.5, 0.6) is 0 Å².